The summed E-state index contributed by atoms with van der Waals surface area (Å²) < 4.78 is 0. The molecule has 1 aromatic heterocycles. The number of hydrogen-bond donors (Lipinski definition) is 1. The minimum absolute atomic E-state index is 0.302. The summed E-state index contributed by atoms with van der Waals surface area (Å²) in [4.78, 5) is 4.40. The first kappa shape index (κ1) is 9.13. The lowest BCUT2D eigenvalue weighted by Gasteiger charge is -2.05. The first-order valence-corrected chi connectivity index (χ1v) is 5.44. The molecule has 1 fully saturated rings. The summed E-state index contributed by atoms with van der Waals surface area (Å²) in [6.07, 6.45) is 2.86. The van der Waals surface area contributed by atoms with Gasteiger partial charge in [0.2, 0.25) is 0 Å². The summed E-state index contributed by atoms with van der Waals surface area (Å²) >= 11 is 6.12. The maximum atomic E-state index is 6.12. The van der Waals surface area contributed by atoms with Gasteiger partial charge in [-0.1, -0.05) is 17.7 Å². The monoisotopic (exact) mass is 218 g/mol. The smallest absolute Gasteiger partial charge is 0.0752 e. The van der Waals surface area contributed by atoms with E-state index in [9.17, 15) is 0 Å². The van der Waals surface area contributed by atoms with Crippen molar-refractivity contribution >= 4 is 22.5 Å². The van der Waals surface area contributed by atoms with Gasteiger partial charge in [-0.15, -0.1) is 0 Å². The Labute approximate surface area is 93.1 Å². The molecule has 0 saturated heterocycles. The molecule has 76 valence electrons. The zero-order chi connectivity index (χ0) is 10.4. The SMILES string of the molecule is NC1CC1c1ccc(Cl)c2cccnc12. The molecule has 2 aromatic rings. The molecule has 1 saturated carbocycles. The molecule has 2 N–H and O–H groups in total. The van der Waals surface area contributed by atoms with E-state index in [1.165, 1.54) is 5.56 Å². The Hall–Kier alpha value is -1.12. The predicted molar refractivity (Wildman–Crippen MR) is 62.1 cm³/mol. The van der Waals surface area contributed by atoms with Crippen LogP contribution in [0.5, 0.6) is 0 Å². The van der Waals surface area contributed by atoms with Crippen LogP contribution in [0.2, 0.25) is 5.02 Å². The molecule has 0 aliphatic heterocycles. The van der Waals surface area contributed by atoms with Crippen LogP contribution in [0.25, 0.3) is 10.9 Å². The Morgan fingerprint density at radius 1 is 1.33 bits per heavy atom. The largest absolute Gasteiger partial charge is 0.327 e. The lowest BCUT2D eigenvalue weighted by Crippen LogP contribution is -2.01. The van der Waals surface area contributed by atoms with Crippen LogP contribution < -0.4 is 5.73 Å². The molecule has 0 amide bonds. The lowest BCUT2D eigenvalue weighted by molar-refractivity contribution is 0.994. The van der Waals surface area contributed by atoms with Gasteiger partial charge in [-0.3, -0.25) is 4.98 Å². The molecule has 1 aliphatic carbocycles. The quantitative estimate of drug-likeness (QED) is 0.800. The van der Waals surface area contributed by atoms with Crippen molar-refractivity contribution in [1.29, 1.82) is 0 Å². The van der Waals surface area contributed by atoms with E-state index in [1.54, 1.807) is 6.20 Å². The van der Waals surface area contributed by atoms with Crippen molar-refractivity contribution in [3.8, 4) is 0 Å². The fourth-order valence-electron chi connectivity index (χ4n) is 2.03. The van der Waals surface area contributed by atoms with E-state index in [-0.39, 0.29) is 0 Å². The second-order valence-electron chi connectivity index (χ2n) is 4.04. The second-order valence-corrected chi connectivity index (χ2v) is 4.45. The van der Waals surface area contributed by atoms with Crippen LogP contribution in [-0.4, -0.2) is 11.0 Å². The molecule has 0 spiro atoms. The molecule has 15 heavy (non-hydrogen) atoms. The number of halogens is 1. The third kappa shape index (κ3) is 1.41. The molecule has 3 rings (SSSR count). The number of hydrogen-bond acceptors (Lipinski definition) is 2. The highest BCUT2D eigenvalue weighted by Gasteiger charge is 2.36. The van der Waals surface area contributed by atoms with Crippen LogP contribution in [-0.2, 0) is 0 Å². The van der Waals surface area contributed by atoms with Crippen LogP contribution in [0.15, 0.2) is 30.5 Å². The van der Waals surface area contributed by atoms with E-state index < -0.39 is 0 Å². The number of aromatic nitrogens is 1. The molecule has 0 radical (unpaired) electrons. The van der Waals surface area contributed by atoms with Gasteiger partial charge in [0.05, 0.1) is 5.52 Å². The van der Waals surface area contributed by atoms with Gasteiger partial charge >= 0.3 is 0 Å². The summed E-state index contributed by atoms with van der Waals surface area (Å²) in [5.41, 5.74) is 8.11. The lowest BCUT2D eigenvalue weighted by atomic mass is 10.1. The van der Waals surface area contributed by atoms with Crippen molar-refractivity contribution in [3.05, 3.63) is 41.0 Å². The van der Waals surface area contributed by atoms with Gasteiger partial charge in [-0.25, -0.2) is 0 Å². The molecule has 3 heteroatoms. The van der Waals surface area contributed by atoms with Crippen molar-refractivity contribution in [3.63, 3.8) is 0 Å². The molecule has 1 aromatic carbocycles. The van der Waals surface area contributed by atoms with E-state index in [4.69, 9.17) is 17.3 Å². The highest BCUT2D eigenvalue weighted by molar-refractivity contribution is 6.35. The number of nitrogens with zero attached hydrogens (tertiary/aromatic N) is 1. The molecule has 1 heterocycles. The normalized spacial score (nSPS) is 24.4. The van der Waals surface area contributed by atoms with Crippen molar-refractivity contribution < 1.29 is 0 Å². The van der Waals surface area contributed by atoms with Gasteiger partial charge in [-0.05, 0) is 30.2 Å². The minimum Gasteiger partial charge on any atom is -0.327 e. The van der Waals surface area contributed by atoms with E-state index in [2.05, 4.69) is 11.1 Å². The van der Waals surface area contributed by atoms with Gasteiger partial charge in [0, 0.05) is 28.6 Å². The van der Waals surface area contributed by atoms with E-state index in [0.717, 1.165) is 22.3 Å². The highest BCUT2D eigenvalue weighted by atomic mass is 35.5. The first-order valence-electron chi connectivity index (χ1n) is 5.06. The number of pyridine rings is 1. The summed E-state index contributed by atoms with van der Waals surface area (Å²) in [7, 11) is 0. The van der Waals surface area contributed by atoms with Gasteiger partial charge < -0.3 is 5.73 Å². The van der Waals surface area contributed by atoms with Crippen LogP contribution in [0.1, 0.15) is 17.9 Å². The molecule has 2 unspecified atom stereocenters. The van der Waals surface area contributed by atoms with Crippen molar-refractivity contribution in [2.45, 2.75) is 18.4 Å². The number of nitrogens with two attached hydrogens (primary N) is 1. The topological polar surface area (TPSA) is 38.9 Å². The predicted octanol–water partition coefficient (Wildman–Crippen LogP) is 2.70. The second kappa shape index (κ2) is 3.19. The third-order valence-corrected chi connectivity index (χ3v) is 3.32. The summed E-state index contributed by atoms with van der Waals surface area (Å²) in [6, 6.07) is 8.20. The Morgan fingerprint density at radius 2 is 2.13 bits per heavy atom. The van der Waals surface area contributed by atoms with Crippen molar-refractivity contribution in [2.75, 3.05) is 0 Å². The highest BCUT2D eigenvalue weighted by Crippen LogP contribution is 2.42. The third-order valence-electron chi connectivity index (χ3n) is 2.99. The Bertz CT molecular complexity index is 524. The molecule has 0 bridgehead atoms. The number of fused-ring (bicyclic) bond motifs is 1. The van der Waals surface area contributed by atoms with Crippen LogP contribution >= 0.6 is 11.6 Å². The summed E-state index contributed by atoms with van der Waals surface area (Å²) in [6.45, 7) is 0. The van der Waals surface area contributed by atoms with Crippen molar-refractivity contribution in [2.24, 2.45) is 5.73 Å². The maximum absolute atomic E-state index is 6.12. The molecule has 2 atom stereocenters. The van der Waals surface area contributed by atoms with E-state index in [1.807, 2.05) is 18.2 Å². The van der Waals surface area contributed by atoms with Crippen molar-refractivity contribution in [1.82, 2.24) is 4.98 Å². The van der Waals surface area contributed by atoms with Gasteiger partial charge in [-0.2, -0.15) is 0 Å². The Balaban J connectivity index is 2.27. The molecular weight excluding hydrogens is 208 g/mol. The standard InChI is InChI=1S/C12H11ClN2/c13-10-4-3-7(9-6-11(9)14)12-8(10)2-1-5-15-12/h1-5,9,11H,6,14H2. The van der Waals surface area contributed by atoms with Crippen LogP contribution in [0.4, 0.5) is 0 Å². The van der Waals surface area contributed by atoms with Gasteiger partial charge in [0.15, 0.2) is 0 Å². The zero-order valence-corrected chi connectivity index (χ0v) is 8.91. The van der Waals surface area contributed by atoms with E-state index >= 15 is 0 Å². The van der Waals surface area contributed by atoms with Crippen LogP contribution in [0, 0.1) is 0 Å². The average Bonchev–Trinajstić information content (AvgIpc) is 2.96. The fraction of sp³-hybridized carbons (Fsp3) is 0.250. The first-order chi connectivity index (χ1) is 7.27. The minimum atomic E-state index is 0.302. The maximum Gasteiger partial charge on any atom is 0.0752 e. The Morgan fingerprint density at radius 3 is 2.87 bits per heavy atom. The molecule has 2 nitrogen and oxygen atoms in total. The van der Waals surface area contributed by atoms with E-state index in [0.29, 0.717) is 12.0 Å². The number of benzene rings is 1. The zero-order valence-electron chi connectivity index (χ0n) is 8.15. The summed E-state index contributed by atoms with van der Waals surface area (Å²) in [5, 5.41) is 1.78. The molecular formula is C12H11ClN2. The summed E-state index contributed by atoms with van der Waals surface area (Å²) in [5.74, 6) is 0.472. The Kier molecular flexibility index (Phi) is 1.94. The average molecular weight is 219 g/mol. The number of rotatable bonds is 1. The van der Waals surface area contributed by atoms with Crippen LogP contribution in [0.3, 0.4) is 0 Å². The van der Waals surface area contributed by atoms with Gasteiger partial charge in [0.25, 0.3) is 0 Å². The van der Waals surface area contributed by atoms with Gasteiger partial charge in [0.1, 0.15) is 0 Å². The fourth-order valence-corrected chi connectivity index (χ4v) is 2.25. The molecule has 1 aliphatic rings.